The summed E-state index contributed by atoms with van der Waals surface area (Å²) in [6, 6.07) is 12.0. The number of ether oxygens (including phenoxy) is 2. The molecule has 0 bridgehead atoms. The minimum atomic E-state index is -0.368. The highest BCUT2D eigenvalue weighted by Gasteiger charge is 2.34. The van der Waals surface area contributed by atoms with Crippen LogP contribution in [0.15, 0.2) is 42.5 Å². The fraction of sp³-hybridized carbons (Fsp3) is 0.462. The van der Waals surface area contributed by atoms with Gasteiger partial charge in [-0.05, 0) is 49.4 Å². The quantitative estimate of drug-likeness (QED) is 0.627. The average Bonchev–Trinajstić information content (AvgIpc) is 2.85. The number of aliphatic hydroxyl groups is 1. The van der Waals surface area contributed by atoms with Gasteiger partial charge in [-0.1, -0.05) is 6.92 Å². The van der Waals surface area contributed by atoms with E-state index in [2.05, 4.69) is 5.32 Å². The Balaban J connectivity index is 1.83. The fourth-order valence-corrected chi connectivity index (χ4v) is 3.95. The zero-order chi connectivity index (χ0) is 25.7. The number of nitrogens with zero attached hydrogens (tertiary/aromatic N) is 3. The van der Waals surface area contributed by atoms with Gasteiger partial charge in [0.1, 0.15) is 17.6 Å². The van der Waals surface area contributed by atoms with Crippen LogP contribution in [0.2, 0.25) is 0 Å². The van der Waals surface area contributed by atoms with Gasteiger partial charge in [0.15, 0.2) is 0 Å². The number of hydrogen-bond acceptors (Lipinski definition) is 6. The van der Waals surface area contributed by atoms with Gasteiger partial charge in [-0.2, -0.15) is 0 Å². The lowest BCUT2D eigenvalue weighted by atomic mass is 9.99. The Bertz CT molecular complexity index is 1030. The minimum absolute atomic E-state index is 0.0918. The van der Waals surface area contributed by atoms with E-state index in [1.807, 2.05) is 45.0 Å². The number of aliphatic hydroxyl groups excluding tert-OH is 1. The molecule has 0 radical (unpaired) electrons. The number of urea groups is 1. The second-order valence-corrected chi connectivity index (χ2v) is 9.24. The molecule has 1 aliphatic heterocycles. The van der Waals surface area contributed by atoms with Gasteiger partial charge in [-0.25, -0.2) is 4.79 Å². The van der Waals surface area contributed by atoms with E-state index in [9.17, 15) is 14.7 Å². The van der Waals surface area contributed by atoms with Crippen LogP contribution in [0.3, 0.4) is 0 Å². The summed E-state index contributed by atoms with van der Waals surface area (Å²) in [6.07, 6.45) is -0.368. The van der Waals surface area contributed by atoms with E-state index >= 15 is 0 Å². The van der Waals surface area contributed by atoms with E-state index in [-0.39, 0.29) is 36.6 Å². The summed E-state index contributed by atoms with van der Waals surface area (Å²) in [5, 5.41) is 12.7. The first-order valence-corrected chi connectivity index (χ1v) is 11.7. The normalized spacial score (nSPS) is 18.5. The Hall–Kier alpha value is -3.46. The number of benzene rings is 2. The van der Waals surface area contributed by atoms with Gasteiger partial charge in [0.2, 0.25) is 0 Å². The highest BCUT2D eigenvalue weighted by molar-refractivity contribution is 5.98. The summed E-state index contributed by atoms with van der Waals surface area (Å²) in [4.78, 5) is 31.5. The van der Waals surface area contributed by atoms with Crippen molar-refractivity contribution >= 4 is 23.3 Å². The third kappa shape index (κ3) is 6.16. The number of methoxy groups -OCH3 is 1. The molecule has 9 nitrogen and oxygen atoms in total. The molecule has 2 aromatic rings. The number of nitrogens with one attached hydrogen (secondary N) is 1. The summed E-state index contributed by atoms with van der Waals surface area (Å²) in [6.45, 7) is 4.38. The van der Waals surface area contributed by atoms with Crippen LogP contribution in [0, 0.1) is 5.92 Å². The number of likely N-dealkylation sites (N-methyl/N-ethyl adjacent to an activating group) is 1. The van der Waals surface area contributed by atoms with Crippen molar-refractivity contribution in [2.75, 3.05) is 58.2 Å². The summed E-state index contributed by atoms with van der Waals surface area (Å²) >= 11 is 0. The molecule has 0 aliphatic carbocycles. The number of fused-ring (bicyclic) bond motifs is 1. The fourth-order valence-electron chi connectivity index (χ4n) is 3.95. The lowest BCUT2D eigenvalue weighted by molar-refractivity contribution is 0.0371. The first kappa shape index (κ1) is 26.2. The molecule has 3 rings (SSSR count). The first-order chi connectivity index (χ1) is 16.6. The van der Waals surface area contributed by atoms with Crippen LogP contribution in [0.4, 0.5) is 16.2 Å². The molecule has 0 fully saturated rings. The van der Waals surface area contributed by atoms with Gasteiger partial charge in [0.25, 0.3) is 5.91 Å². The second-order valence-electron chi connectivity index (χ2n) is 9.24. The summed E-state index contributed by atoms with van der Waals surface area (Å²) < 4.78 is 11.5. The van der Waals surface area contributed by atoms with Crippen LogP contribution < -0.4 is 19.7 Å². The number of rotatable bonds is 7. The van der Waals surface area contributed by atoms with Crippen LogP contribution in [-0.4, -0.2) is 86.9 Å². The molecule has 0 saturated heterocycles. The molecule has 35 heavy (non-hydrogen) atoms. The number of anilines is 2. The van der Waals surface area contributed by atoms with E-state index in [1.165, 1.54) is 0 Å². The lowest BCUT2D eigenvalue weighted by Crippen LogP contribution is -2.50. The van der Waals surface area contributed by atoms with Gasteiger partial charge >= 0.3 is 6.03 Å². The average molecular weight is 485 g/mol. The van der Waals surface area contributed by atoms with E-state index in [0.29, 0.717) is 35.8 Å². The van der Waals surface area contributed by atoms with Gasteiger partial charge in [0, 0.05) is 45.0 Å². The van der Waals surface area contributed by atoms with Crippen LogP contribution in [0.5, 0.6) is 11.5 Å². The largest absolute Gasteiger partial charge is 0.497 e. The van der Waals surface area contributed by atoms with Crippen molar-refractivity contribution in [3.63, 3.8) is 0 Å². The van der Waals surface area contributed by atoms with Gasteiger partial charge in [-0.3, -0.25) is 4.79 Å². The molecular weight excluding hydrogens is 448 g/mol. The number of carbonyl (C=O) groups excluding carboxylic acids is 2. The third-order valence-corrected chi connectivity index (χ3v) is 6.31. The Morgan fingerprint density at radius 2 is 1.91 bits per heavy atom. The topological polar surface area (TPSA) is 94.6 Å². The molecule has 3 atom stereocenters. The van der Waals surface area contributed by atoms with Crippen molar-refractivity contribution in [1.29, 1.82) is 0 Å². The molecule has 0 saturated carbocycles. The van der Waals surface area contributed by atoms with Crippen molar-refractivity contribution in [1.82, 2.24) is 9.80 Å². The van der Waals surface area contributed by atoms with Crippen LogP contribution in [-0.2, 0) is 0 Å². The Morgan fingerprint density at radius 1 is 1.23 bits per heavy atom. The van der Waals surface area contributed by atoms with Gasteiger partial charge in [0.05, 0.1) is 31.9 Å². The van der Waals surface area contributed by atoms with Gasteiger partial charge < -0.3 is 34.6 Å². The Labute approximate surface area is 207 Å². The zero-order valence-electron chi connectivity index (χ0n) is 21.3. The Kier molecular flexibility index (Phi) is 8.45. The maximum absolute atomic E-state index is 13.4. The molecule has 2 aromatic carbocycles. The summed E-state index contributed by atoms with van der Waals surface area (Å²) in [7, 11) is 7.12. The van der Waals surface area contributed by atoms with E-state index in [4.69, 9.17) is 9.47 Å². The highest BCUT2D eigenvalue weighted by atomic mass is 16.5. The van der Waals surface area contributed by atoms with Crippen LogP contribution in [0.25, 0.3) is 0 Å². The molecule has 0 aromatic heterocycles. The van der Waals surface area contributed by atoms with E-state index in [0.717, 1.165) is 5.69 Å². The van der Waals surface area contributed by atoms with Crippen molar-refractivity contribution in [3.8, 4) is 11.5 Å². The molecule has 9 heteroatoms. The van der Waals surface area contributed by atoms with Crippen molar-refractivity contribution < 1.29 is 24.2 Å². The second kappa shape index (κ2) is 11.3. The predicted octanol–water partition coefficient (Wildman–Crippen LogP) is 3.15. The van der Waals surface area contributed by atoms with E-state index in [1.54, 1.807) is 54.3 Å². The maximum atomic E-state index is 13.4. The molecule has 2 N–H and O–H groups in total. The smallest absolute Gasteiger partial charge is 0.321 e. The monoisotopic (exact) mass is 484 g/mol. The lowest BCUT2D eigenvalue weighted by Gasteiger charge is -2.38. The molecule has 190 valence electrons. The highest BCUT2D eigenvalue weighted by Crippen LogP contribution is 2.31. The van der Waals surface area contributed by atoms with Crippen molar-refractivity contribution in [2.24, 2.45) is 5.92 Å². The number of carbonyl (C=O) groups is 2. The molecule has 3 amide bonds. The number of amides is 3. The zero-order valence-corrected chi connectivity index (χ0v) is 21.3. The maximum Gasteiger partial charge on any atom is 0.321 e. The first-order valence-electron chi connectivity index (χ1n) is 11.7. The Morgan fingerprint density at radius 3 is 2.51 bits per heavy atom. The van der Waals surface area contributed by atoms with Crippen molar-refractivity contribution in [2.45, 2.75) is 26.0 Å². The van der Waals surface area contributed by atoms with Crippen molar-refractivity contribution in [3.05, 3.63) is 48.0 Å². The summed E-state index contributed by atoms with van der Waals surface area (Å²) in [5.41, 5.74) is 1.97. The van der Waals surface area contributed by atoms with Crippen LogP contribution in [0.1, 0.15) is 24.2 Å². The third-order valence-electron chi connectivity index (χ3n) is 6.31. The SMILES string of the molecule is COc1ccc(NC(=O)N(C)C[C@H]2Oc3ccc(N(C)C)cc3C(=O)N([C@@H](C)CO)C[C@@H]2C)cc1. The molecular formula is C26H36N4O5. The minimum Gasteiger partial charge on any atom is -0.497 e. The molecule has 1 aliphatic rings. The molecule has 1 heterocycles. The predicted molar refractivity (Wildman–Crippen MR) is 137 cm³/mol. The molecule has 0 spiro atoms. The standard InChI is InChI=1S/C26H36N4O5/c1-17-14-30(18(2)16-31)25(32)22-13-20(28(3)4)9-12-23(22)35-24(17)15-29(5)26(33)27-19-7-10-21(34-6)11-8-19/h7-13,17-18,24,31H,14-16H2,1-6H3,(H,27,33)/t17-,18-,24+/m0/s1. The number of hydrogen-bond donors (Lipinski definition) is 2. The molecule has 0 unspecified atom stereocenters. The van der Waals surface area contributed by atoms with E-state index < -0.39 is 0 Å². The summed E-state index contributed by atoms with van der Waals surface area (Å²) in [5.74, 6) is 0.906. The van der Waals surface area contributed by atoms with Crippen LogP contribution >= 0.6 is 0 Å². The van der Waals surface area contributed by atoms with Gasteiger partial charge in [-0.15, -0.1) is 0 Å².